The molecule has 1 fully saturated rings. The number of amides is 1. The molecule has 3 nitrogen and oxygen atoms in total. The zero-order chi connectivity index (χ0) is 8.43. The molecule has 0 aromatic heterocycles. The molecule has 0 radical (unpaired) electrons. The van der Waals surface area contributed by atoms with Crippen molar-refractivity contribution in [3.05, 3.63) is 0 Å². The van der Waals surface area contributed by atoms with Gasteiger partial charge in [-0.1, -0.05) is 0 Å². The second kappa shape index (κ2) is 3.07. The minimum absolute atomic E-state index is 0.146. The summed E-state index contributed by atoms with van der Waals surface area (Å²) in [4.78, 5) is 10.7. The summed E-state index contributed by atoms with van der Waals surface area (Å²) in [6.45, 7) is 3.50. The Morgan fingerprint density at radius 1 is 1.73 bits per heavy atom. The van der Waals surface area contributed by atoms with Crippen LogP contribution in [0.4, 0.5) is 9.18 Å². The molecule has 4 heteroatoms. The molecule has 0 aromatic rings. The molecule has 2 atom stereocenters. The van der Waals surface area contributed by atoms with Crippen LogP contribution in [0.25, 0.3) is 0 Å². The first-order valence-corrected chi connectivity index (χ1v) is 3.71. The van der Waals surface area contributed by atoms with Gasteiger partial charge in [0.1, 0.15) is 6.17 Å². The predicted octanol–water partition coefficient (Wildman–Crippen LogP) is 1.23. The Morgan fingerprint density at radius 2 is 2.27 bits per heavy atom. The summed E-state index contributed by atoms with van der Waals surface area (Å²) in [5.41, 5.74) is 0. The Balaban J connectivity index is 2.11. The SMILES string of the molecule is CC(C)OC(=O)N[C@@H]1C[C@H]1F. The summed E-state index contributed by atoms with van der Waals surface area (Å²) in [5, 5.41) is 2.40. The second-order valence-corrected chi connectivity index (χ2v) is 2.96. The van der Waals surface area contributed by atoms with E-state index < -0.39 is 12.3 Å². The van der Waals surface area contributed by atoms with Gasteiger partial charge in [-0.05, 0) is 13.8 Å². The van der Waals surface area contributed by atoms with Crippen molar-refractivity contribution in [2.45, 2.75) is 38.6 Å². The molecule has 11 heavy (non-hydrogen) atoms. The Kier molecular flexibility index (Phi) is 2.31. The summed E-state index contributed by atoms with van der Waals surface area (Å²) >= 11 is 0. The molecule has 0 aromatic carbocycles. The number of ether oxygens (including phenoxy) is 1. The predicted molar refractivity (Wildman–Crippen MR) is 38.1 cm³/mol. The molecule has 1 aliphatic carbocycles. The van der Waals surface area contributed by atoms with E-state index in [1.807, 2.05) is 0 Å². The Hall–Kier alpha value is -0.800. The number of carbonyl (C=O) groups excluding carboxylic acids is 1. The molecule has 0 unspecified atom stereocenters. The average molecular weight is 161 g/mol. The molecular weight excluding hydrogens is 149 g/mol. The standard InChI is InChI=1S/C7H12FNO2/c1-4(2)11-7(10)9-6-3-5(6)8/h4-6H,3H2,1-2H3,(H,9,10)/t5-,6-/m1/s1. The maximum Gasteiger partial charge on any atom is 0.407 e. The lowest BCUT2D eigenvalue weighted by Gasteiger charge is -2.07. The number of halogens is 1. The Labute approximate surface area is 64.9 Å². The van der Waals surface area contributed by atoms with E-state index in [9.17, 15) is 9.18 Å². The highest BCUT2D eigenvalue weighted by Gasteiger charge is 2.39. The maximum atomic E-state index is 12.2. The van der Waals surface area contributed by atoms with Crippen LogP contribution >= 0.6 is 0 Å². The van der Waals surface area contributed by atoms with E-state index >= 15 is 0 Å². The van der Waals surface area contributed by atoms with Crippen LogP contribution in [0, 0.1) is 0 Å². The minimum atomic E-state index is -0.866. The smallest absolute Gasteiger partial charge is 0.407 e. The number of carbonyl (C=O) groups is 1. The largest absolute Gasteiger partial charge is 0.447 e. The number of alkyl halides is 1. The van der Waals surface area contributed by atoms with Gasteiger partial charge in [0.15, 0.2) is 0 Å². The van der Waals surface area contributed by atoms with Crippen LogP contribution in [-0.2, 0) is 4.74 Å². The molecule has 0 heterocycles. The van der Waals surface area contributed by atoms with Crippen molar-refractivity contribution >= 4 is 6.09 Å². The average Bonchev–Trinajstić information content (AvgIpc) is 2.43. The first kappa shape index (κ1) is 8.30. The van der Waals surface area contributed by atoms with Crippen molar-refractivity contribution < 1.29 is 13.9 Å². The number of alkyl carbamates (subject to hydrolysis) is 1. The van der Waals surface area contributed by atoms with Gasteiger partial charge in [-0.2, -0.15) is 0 Å². The summed E-state index contributed by atoms with van der Waals surface area (Å²) in [7, 11) is 0. The third kappa shape index (κ3) is 2.74. The summed E-state index contributed by atoms with van der Waals surface area (Å²) in [6.07, 6.45) is -1.11. The number of hydrogen-bond acceptors (Lipinski definition) is 2. The molecule has 1 saturated carbocycles. The van der Waals surface area contributed by atoms with Gasteiger partial charge in [0.2, 0.25) is 0 Å². The quantitative estimate of drug-likeness (QED) is 0.661. The van der Waals surface area contributed by atoms with Gasteiger partial charge < -0.3 is 10.1 Å². The van der Waals surface area contributed by atoms with E-state index in [-0.39, 0.29) is 12.1 Å². The molecule has 0 aliphatic heterocycles. The van der Waals surface area contributed by atoms with Gasteiger partial charge in [-0.25, -0.2) is 9.18 Å². The Morgan fingerprint density at radius 3 is 2.64 bits per heavy atom. The van der Waals surface area contributed by atoms with Crippen LogP contribution < -0.4 is 5.32 Å². The van der Waals surface area contributed by atoms with Crippen molar-refractivity contribution in [3.63, 3.8) is 0 Å². The second-order valence-electron chi connectivity index (χ2n) is 2.96. The topological polar surface area (TPSA) is 38.3 Å². The zero-order valence-corrected chi connectivity index (χ0v) is 6.63. The van der Waals surface area contributed by atoms with Crippen molar-refractivity contribution in [1.29, 1.82) is 0 Å². The molecule has 0 bridgehead atoms. The van der Waals surface area contributed by atoms with Gasteiger partial charge in [0.25, 0.3) is 0 Å². The third-order valence-electron chi connectivity index (χ3n) is 1.36. The molecule has 1 N–H and O–H groups in total. The first-order valence-electron chi connectivity index (χ1n) is 3.71. The molecular formula is C7H12FNO2. The van der Waals surface area contributed by atoms with Gasteiger partial charge in [0, 0.05) is 6.42 Å². The highest BCUT2D eigenvalue weighted by atomic mass is 19.1. The number of hydrogen-bond donors (Lipinski definition) is 1. The Bertz CT molecular complexity index is 161. The van der Waals surface area contributed by atoms with Crippen molar-refractivity contribution in [1.82, 2.24) is 5.32 Å². The molecule has 1 aliphatic rings. The molecule has 0 spiro atoms. The number of rotatable bonds is 2. The highest BCUT2D eigenvalue weighted by molar-refractivity contribution is 5.68. The molecule has 64 valence electrons. The van der Waals surface area contributed by atoms with E-state index in [1.165, 1.54) is 0 Å². The molecule has 1 rings (SSSR count). The minimum Gasteiger partial charge on any atom is -0.447 e. The first-order chi connectivity index (χ1) is 5.09. The number of nitrogens with one attached hydrogen (secondary N) is 1. The lowest BCUT2D eigenvalue weighted by atomic mass is 10.5. The monoisotopic (exact) mass is 161 g/mol. The molecule has 1 amide bonds. The summed E-state index contributed by atoms with van der Waals surface area (Å²) < 4.78 is 16.9. The normalized spacial score (nSPS) is 28.4. The van der Waals surface area contributed by atoms with Crippen molar-refractivity contribution in [2.24, 2.45) is 0 Å². The third-order valence-corrected chi connectivity index (χ3v) is 1.36. The highest BCUT2D eigenvalue weighted by Crippen LogP contribution is 2.24. The zero-order valence-electron chi connectivity index (χ0n) is 6.63. The van der Waals surface area contributed by atoms with Gasteiger partial charge in [-0.15, -0.1) is 0 Å². The summed E-state index contributed by atoms with van der Waals surface area (Å²) in [6, 6.07) is -0.304. The fourth-order valence-corrected chi connectivity index (χ4v) is 0.713. The maximum absolute atomic E-state index is 12.2. The van der Waals surface area contributed by atoms with Crippen LogP contribution in [0.15, 0.2) is 0 Å². The fourth-order valence-electron chi connectivity index (χ4n) is 0.713. The van der Waals surface area contributed by atoms with E-state index in [0.29, 0.717) is 6.42 Å². The lowest BCUT2D eigenvalue weighted by molar-refractivity contribution is 0.114. The van der Waals surface area contributed by atoms with Crippen LogP contribution in [0.1, 0.15) is 20.3 Å². The van der Waals surface area contributed by atoms with Crippen molar-refractivity contribution in [2.75, 3.05) is 0 Å². The van der Waals surface area contributed by atoms with E-state index in [0.717, 1.165) is 0 Å². The van der Waals surface area contributed by atoms with E-state index in [4.69, 9.17) is 4.74 Å². The van der Waals surface area contributed by atoms with Gasteiger partial charge in [0.05, 0.1) is 12.1 Å². The summed E-state index contributed by atoms with van der Waals surface area (Å²) in [5.74, 6) is 0. The van der Waals surface area contributed by atoms with Gasteiger partial charge in [-0.3, -0.25) is 0 Å². The van der Waals surface area contributed by atoms with E-state index in [1.54, 1.807) is 13.8 Å². The van der Waals surface area contributed by atoms with Crippen LogP contribution in [0.5, 0.6) is 0 Å². The van der Waals surface area contributed by atoms with Crippen LogP contribution in [0.3, 0.4) is 0 Å². The van der Waals surface area contributed by atoms with Crippen LogP contribution in [-0.4, -0.2) is 24.4 Å². The van der Waals surface area contributed by atoms with Gasteiger partial charge >= 0.3 is 6.09 Å². The lowest BCUT2D eigenvalue weighted by Crippen LogP contribution is -2.29. The van der Waals surface area contributed by atoms with Crippen LogP contribution in [0.2, 0.25) is 0 Å². The molecule has 0 saturated heterocycles. The fraction of sp³-hybridized carbons (Fsp3) is 0.857. The van der Waals surface area contributed by atoms with E-state index in [2.05, 4.69) is 5.32 Å². The van der Waals surface area contributed by atoms with Crippen molar-refractivity contribution in [3.8, 4) is 0 Å².